The molecular formula is C27H24ClNO. The SMILES string of the molecule is OC(c1ccc(Cl)cc1)C(NC(c1ccccc1)c1ccccc1)c1ccccc1. The fraction of sp³-hybridized carbons (Fsp3) is 0.111. The molecule has 0 heterocycles. The molecule has 2 N–H and O–H groups in total. The van der Waals surface area contributed by atoms with Gasteiger partial charge in [0.05, 0.1) is 18.2 Å². The van der Waals surface area contributed by atoms with Gasteiger partial charge in [0.15, 0.2) is 0 Å². The first kappa shape index (κ1) is 20.4. The highest BCUT2D eigenvalue weighted by atomic mass is 35.5. The minimum atomic E-state index is -0.736. The van der Waals surface area contributed by atoms with Crippen LogP contribution >= 0.6 is 11.6 Å². The van der Waals surface area contributed by atoms with E-state index in [9.17, 15) is 5.11 Å². The third-order valence-electron chi connectivity index (χ3n) is 5.30. The Morgan fingerprint density at radius 3 is 1.43 bits per heavy atom. The van der Waals surface area contributed by atoms with Gasteiger partial charge in [0, 0.05) is 5.02 Å². The summed E-state index contributed by atoms with van der Waals surface area (Å²) in [7, 11) is 0. The Balaban J connectivity index is 1.74. The van der Waals surface area contributed by atoms with E-state index < -0.39 is 6.10 Å². The summed E-state index contributed by atoms with van der Waals surface area (Å²) in [6.45, 7) is 0. The number of rotatable bonds is 7. The van der Waals surface area contributed by atoms with E-state index in [1.807, 2.05) is 91.0 Å². The van der Waals surface area contributed by atoms with Crippen LogP contribution in [0.3, 0.4) is 0 Å². The average Bonchev–Trinajstić information content (AvgIpc) is 2.81. The van der Waals surface area contributed by atoms with Crippen molar-refractivity contribution in [1.82, 2.24) is 5.32 Å². The molecule has 2 atom stereocenters. The van der Waals surface area contributed by atoms with Gasteiger partial charge in [-0.3, -0.25) is 5.32 Å². The molecule has 0 aliphatic rings. The molecule has 4 aromatic carbocycles. The zero-order valence-electron chi connectivity index (χ0n) is 16.5. The third kappa shape index (κ3) is 4.80. The van der Waals surface area contributed by atoms with Gasteiger partial charge >= 0.3 is 0 Å². The van der Waals surface area contributed by atoms with Gasteiger partial charge in [-0.1, -0.05) is 115 Å². The zero-order valence-corrected chi connectivity index (χ0v) is 17.3. The second-order valence-corrected chi connectivity index (χ2v) is 7.74. The van der Waals surface area contributed by atoms with Gasteiger partial charge in [-0.2, -0.15) is 0 Å². The number of halogens is 1. The summed E-state index contributed by atoms with van der Waals surface area (Å²) in [6.07, 6.45) is -0.736. The first-order valence-corrected chi connectivity index (χ1v) is 10.4. The van der Waals surface area contributed by atoms with Gasteiger partial charge in [-0.05, 0) is 34.4 Å². The van der Waals surface area contributed by atoms with E-state index in [2.05, 4.69) is 29.6 Å². The molecule has 3 heteroatoms. The van der Waals surface area contributed by atoms with E-state index in [4.69, 9.17) is 11.6 Å². The number of benzene rings is 4. The van der Waals surface area contributed by atoms with Crippen LogP contribution in [-0.4, -0.2) is 5.11 Å². The van der Waals surface area contributed by atoms with Crippen LogP contribution in [0.1, 0.15) is 40.4 Å². The van der Waals surface area contributed by atoms with Gasteiger partial charge in [-0.15, -0.1) is 0 Å². The van der Waals surface area contributed by atoms with Crippen LogP contribution in [-0.2, 0) is 0 Å². The predicted octanol–water partition coefficient (Wildman–Crippen LogP) is 6.49. The highest BCUT2D eigenvalue weighted by molar-refractivity contribution is 6.30. The highest BCUT2D eigenvalue weighted by Crippen LogP contribution is 2.34. The van der Waals surface area contributed by atoms with Crippen molar-refractivity contribution < 1.29 is 5.11 Å². The predicted molar refractivity (Wildman–Crippen MR) is 123 cm³/mol. The molecule has 0 fully saturated rings. The fourth-order valence-corrected chi connectivity index (χ4v) is 3.86. The van der Waals surface area contributed by atoms with Crippen molar-refractivity contribution in [3.05, 3.63) is 143 Å². The van der Waals surface area contributed by atoms with Crippen LogP contribution in [0.25, 0.3) is 0 Å². The first-order chi connectivity index (χ1) is 14.7. The number of aliphatic hydroxyl groups excluding tert-OH is 1. The molecule has 0 bridgehead atoms. The monoisotopic (exact) mass is 413 g/mol. The molecule has 0 saturated heterocycles. The van der Waals surface area contributed by atoms with Crippen LogP contribution in [0, 0.1) is 0 Å². The summed E-state index contributed by atoms with van der Waals surface area (Å²) >= 11 is 6.06. The molecule has 0 aliphatic carbocycles. The quantitative estimate of drug-likeness (QED) is 0.362. The Hall–Kier alpha value is -2.91. The van der Waals surface area contributed by atoms with E-state index in [-0.39, 0.29) is 12.1 Å². The highest BCUT2D eigenvalue weighted by Gasteiger charge is 2.27. The molecule has 150 valence electrons. The fourth-order valence-electron chi connectivity index (χ4n) is 3.74. The van der Waals surface area contributed by atoms with E-state index in [0.29, 0.717) is 5.02 Å². The number of nitrogens with one attached hydrogen (secondary N) is 1. The molecule has 2 unspecified atom stereocenters. The minimum absolute atomic E-state index is 0.0699. The Kier molecular flexibility index (Phi) is 6.60. The van der Waals surface area contributed by atoms with Crippen molar-refractivity contribution in [1.29, 1.82) is 0 Å². The van der Waals surface area contributed by atoms with Crippen molar-refractivity contribution in [2.75, 3.05) is 0 Å². The molecule has 0 spiro atoms. The maximum Gasteiger partial charge on any atom is 0.0984 e. The summed E-state index contributed by atoms with van der Waals surface area (Å²) in [5.74, 6) is 0. The molecule has 2 nitrogen and oxygen atoms in total. The largest absolute Gasteiger partial charge is 0.386 e. The number of hydrogen-bond donors (Lipinski definition) is 2. The summed E-state index contributed by atoms with van der Waals surface area (Å²) in [5, 5.41) is 15.7. The molecule has 30 heavy (non-hydrogen) atoms. The van der Waals surface area contributed by atoms with Crippen molar-refractivity contribution in [2.45, 2.75) is 18.2 Å². The molecule has 0 amide bonds. The molecule has 0 aromatic heterocycles. The lowest BCUT2D eigenvalue weighted by molar-refractivity contribution is 0.124. The lowest BCUT2D eigenvalue weighted by atomic mass is 9.92. The number of aliphatic hydroxyl groups is 1. The molecular weight excluding hydrogens is 390 g/mol. The Morgan fingerprint density at radius 2 is 0.967 bits per heavy atom. The topological polar surface area (TPSA) is 32.3 Å². The maximum atomic E-state index is 11.4. The first-order valence-electron chi connectivity index (χ1n) is 10.1. The van der Waals surface area contributed by atoms with Crippen LogP contribution < -0.4 is 5.32 Å². The van der Waals surface area contributed by atoms with Crippen LogP contribution in [0.5, 0.6) is 0 Å². The number of hydrogen-bond acceptors (Lipinski definition) is 2. The second-order valence-electron chi connectivity index (χ2n) is 7.31. The van der Waals surface area contributed by atoms with E-state index in [1.165, 1.54) is 0 Å². The van der Waals surface area contributed by atoms with Crippen LogP contribution in [0.4, 0.5) is 0 Å². The molecule has 4 rings (SSSR count). The van der Waals surface area contributed by atoms with Crippen molar-refractivity contribution in [3.8, 4) is 0 Å². The molecule has 0 radical (unpaired) electrons. The van der Waals surface area contributed by atoms with Crippen LogP contribution in [0.2, 0.25) is 5.02 Å². The lowest BCUT2D eigenvalue weighted by Crippen LogP contribution is -2.31. The summed E-state index contributed by atoms with van der Waals surface area (Å²) in [4.78, 5) is 0. The lowest BCUT2D eigenvalue weighted by Gasteiger charge is -2.31. The summed E-state index contributed by atoms with van der Waals surface area (Å²) in [6, 6.07) is 37.7. The van der Waals surface area contributed by atoms with Gasteiger partial charge in [-0.25, -0.2) is 0 Å². The average molecular weight is 414 g/mol. The Labute approximate surface area is 182 Å². The Bertz CT molecular complexity index is 997. The van der Waals surface area contributed by atoms with Gasteiger partial charge in [0.2, 0.25) is 0 Å². The Morgan fingerprint density at radius 1 is 0.533 bits per heavy atom. The molecule has 4 aromatic rings. The smallest absolute Gasteiger partial charge is 0.0984 e. The van der Waals surface area contributed by atoms with E-state index in [1.54, 1.807) is 0 Å². The van der Waals surface area contributed by atoms with Crippen LogP contribution in [0.15, 0.2) is 115 Å². The standard InChI is InChI=1S/C27H24ClNO/c28-24-18-16-23(17-19-24)27(30)26(22-14-8-3-9-15-22)29-25(20-10-4-1-5-11-20)21-12-6-2-7-13-21/h1-19,25-27,29-30H. The van der Waals surface area contributed by atoms with Gasteiger partial charge in [0.1, 0.15) is 0 Å². The summed E-state index contributed by atoms with van der Waals surface area (Å²) < 4.78 is 0. The van der Waals surface area contributed by atoms with Crippen molar-refractivity contribution in [3.63, 3.8) is 0 Å². The maximum absolute atomic E-state index is 11.4. The normalized spacial score (nSPS) is 13.2. The minimum Gasteiger partial charge on any atom is -0.386 e. The third-order valence-corrected chi connectivity index (χ3v) is 5.55. The van der Waals surface area contributed by atoms with Crippen molar-refractivity contribution >= 4 is 11.6 Å². The molecule has 0 aliphatic heterocycles. The van der Waals surface area contributed by atoms with E-state index in [0.717, 1.165) is 22.3 Å². The molecule has 0 saturated carbocycles. The van der Waals surface area contributed by atoms with E-state index >= 15 is 0 Å². The second kappa shape index (κ2) is 9.73. The van der Waals surface area contributed by atoms with Gasteiger partial charge in [0.25, 0.3) is 0 Å². The van der Waals surface area contributed by atoms with Crippen molar-refractivity contribution in [2.24, 2.45) is 0 Å². The zero-order chi connectivity index (χ0) is 20.8. The van der Waals surface area contributed by atoms with Gasteiger partial charge < -0.3 is 5.11 Å². The summed E-state index contributed by atoms with van der Waals surface area (Å²) in [5.41, 5.74) is 4.14.